The summed E-state index contributed by atoms with van der Waals surface area (Å²) < 4.78 is 74.0. The lowest BCUT2D eigenvalue weighted by atomic mass is 10.0. The van der Waals surface area contributed by atoms with Crippen molar-refractivity contribution in [2.45, 2.75) is 25.7 Å². The van der Waals surface area contributed by atoms with Gasteiger partial charge in [0.2, 0.25) is 0 Å². The predicted octanol–water partition coefficient (Wildman–Crippen LogP) is 3.43. The number of ether oxygens (including phenoxy) is 1. The Hall–Kier alpha value is -4.09. The number of anilines is 1. The normalized spacial score (nSPS) is 14.0. The average Bonchev–Trinajstić information content (AvgIpc) is 3.16. The summed E-state index contributed by atoms with van der Waals surface area (Å²) in [6.07, 6.45) is -4.68. The Morgan fingerprint density at radius 3 is 2.53 bits per heavy atom. The summed E-state index contributed by atoms with van der Waals surface area (Å²) in [7, 11) is -0.507. The molecule has 0 aliphatic carbocycles. The summed E-state index contributed by atoms with van der Waals surface area (Å²) in [4.78, 5) is 24.5. The quantitative estimate of drug-likeness (QED) is 0.446. The van der Waals surface area contributed by atoms with E-state index in [9.17, 15) is 27.2 Å². The summed E-state index contributed by atoms with van der Waals surface area (Å²) >= 11 is 0. The molecule has 180 valence electrons. The first-order valence-corrected chi connectivity index (χ1v) is 9.64. The van der Waals surface area contributed by atoms with Gasteiger partial charge >= 0.3 is 6.18 Å². The van der Waals surface area contributed by atoms with Crippen LogP contribution < -0.4 is 21.5 Å². The van der Waals surface area contributed by atoms with Gasteiger partial charge in [0.05, 0.1) is 15.4 Å². The van der Waals surface area contributed by atoms with Crippen molar-refractivity contribution in [2.75, 3.05) is 12.8 Å². The van der Waals surface area contributed by atoms with E-state index in [1.807, 2.05) is 0 Å². The first-order chi connectivity index (χ1) is 16.8. The lowest BCUT2D eigenvalue weighted by Crippen LogP contribution is -2.26. The van der Waals surface area contributed by atoms with Gasteiger partial charge in [-0.1, -0.05) is 24.3 Å². The van der Waals surface area contributed by atoms with Gasteiger partial charge in [-0.2, -0.15) is 18.3 Å². The van der Waals surface area contributed by atoms with Crippen LogP contribution in [0.3, 0.4) is 0 Å². The van der Waals surface area contributed by atoms with Gasteiger partial charge < -0.3 is 21.5 Å². The third-order valence-corrected chi connectivity index (χ3v) is 4.93. The maximum absolute atomic E-state index is 13.6. The predicted molar refractivity (Wildman–Crippen MR) is 115 cm³/mol. The van der Waals surface area contributed by atoms with Crippen molar-refractivity contribution in [3.05, 3.63) is 65.0 Å². The molecule has 12 heteroatoms. The fraction of sp³-hybridized carbons (Fsp3) is 0.227. The number of benzene rings is 2. The number of nitrogens with two attached hydrogens (primary N) is 2. The molecular weight excluding hydrogens is 458 g/mol. The standard InChI is InChI=1S/C22H21F4N5O3/c1-11(22(24,25)26)31-19(27)17(20(28)32)18(30-31)13-5-3-12(4-6-13)10-29-21(33)15-9-14(23)7-8-16(15)34-2/h3-9,11H,10,27H2,1-2H3,(H2,28,32)(H,29,33)/i2D,10D. The van der Waals surface area contributed by atoms with E-state index in [0.717, 1.165) is 19.1 Å². The number of carbonyl (C=O) groups is 2. The Balaban J connectivity index is 1.88. The molecule has 0 radical (unpaired) electrons. The number of primary amides is 1. The number of rotatable bonds is 7. The van der Waals surface area contributed by atoms with Gasteiger partial charge in [-0.15, -0.1) is 0 Å². The van der Waals surface area contributed by atoms with Crippen molar-refractivity contribution in [1.82, 2.24) is 15.1 Å². The van der Waals surface area contributed by atoms with E-state index in [2.05, 4.69) is 10.4 Å². The van der Waals surface area contributed by atoms with E-state index in [0.29, 0.717) is 4.68 Å². The number of carbonyl (C=O) groups excluding carboxylic acids is 2. The van der Waals surface area contributed by atoms with E-state index >= 15 is 0 Å². The second-order valence-electron chi connectivity index (χ2n) is 7.16. The van der Waals surface area contributed by atoms with Crippen LogP contribution in [0.1, 0.15) is 42.0 Å². The SMILES string of the molecule is [2H]COc1ccc(F)cc1C(=O)NC([2H])c1ccc(-c2nn(C(C)C(F)(F)F)c(N)c2C(N)=O)cc1. The number of amides is 2. The lowest BCUT2D eigenvalue weighted by molar-refractivity contribution is -0.164. The van der Waals surface area contributed by atoms with E-state index in [1.54, 1.807) is 0 Å². The zero-order valence-electron chi connectivity index (χ0n) is 19.7. The summed E-state index contributed by atoms with van der Waals surface area (Å²) in [5.41, 5.74) is 10.8. The van der Waals surface area contributed by atoms with E-state index < -0.39 is 49.3 Å². The number of nitrogen functional groups attached to an aromatic ring is 1. The highest BCUT2D eigenvalue weighted by atomic mass is 19.4. The summed E-state index contributed by atoms with van der Waals surface area (Å²) in [5, 5.41) is 6.21. The van der Waals surface area contributed by atoms with E-state index in [-0.39, 0.29) is 33.7 Å². The molecule has 0 aliphatic rings. The summed E-state index contributed by atoms with van der Waals surface area (Å²) in [6.45, 7) is -0.504. The number of alkyl halides is 3. The maximum atomic E-state index is 13.6. The molecule has 2 amide bonds. The van der Waals surface area contributed by atoms with Crippen molar-refractivity contribution in [2.24, 2.45) is 5.73 Å². The largest absolute Gasteiger partial charge is 0.496 e. The fourth-order valence-electron chi connectivity index (χ4n) is 3.10. The number of halogens is 4. The summed E-state index contributed by atoms with van der Waals surface area (Å²) in [6, 6.07) is 6.54. The molecule has 5 N–H and O–H groups in total. The average molecular weight is 481 g/mol. The molecule has 2 aromatic carbocycles. The Bertz CT molecular complexity index is 1280. The number of nitrogens with zero attached hydrogens (tertiary/aromatic N) is 2. The van der Waals surface area contributed by atoms with Crippen LogP contribution in [0.25, 0.3) is 11.3 Å². The monoisotopic (exact) mass is 481 g/mol. The number of methoxy groups -OCH3 is 1. The molecule has 2 unspecified atom stereocenters. The maximum Gasteiger partial charge on any atom is 0.410 e. The van der Waals surface area contributed by atoms with Gasteiger partial charge in [0.1, 0.15) is 34.7 Å². The van der Waals surface area contributed by atoms with E-state index in [4.69, 9.17) is 18.9 Å². The first-order valence-electron chi connectivity index (χ1n) is 10.9. The van der Waals surface area contributed by atoms with Crippen LogP contribution in [-0.4, -0.2) is 34.9 Å². The highest BCUT2D eigenvalue weighted by Gasteiger charge is 2.40. The third kappa shape index (κ3) is 4.95. The van der Waals surface area contributed by atoms with Crippen molar-refractivity contribution < 1.29 is 34.6 Å². The minimum absolute atomic E-state index is 0.0355. The summed E-state index contributed by atoms with van der Waals surface area (Å²) in [5.74, 6) is -3.19. The molecule has 8 nitrogen and oxygen atoms in total. The molecule has 0 saturated heterocycles. The molecule has 2 atom stereocenters. The number of nitrogens with one attached hydrogen (secondary N) is 1. The molecule has 1 heterocycles. The second-order valence-corrected chi connectivity index (χ2v) is 7.16. The number of aromatic nitrogens is 2. The molecule has 34 heavy (non-hydrogen) atoms. The molecule has 0 fully saturated rings. The minimum atomic E-state index is -4.68. The molecule has 1 aromatic heterocycles. The van der Waals surface area contributed by atoms with Gasteiger partial charge in [0, 0.05) is 12.1 Å². The Labute approximate surface area is 194 Å². The van der Waals surface area contributed by atoms with Gasteiger partial charge in [0.15, 0.2) is 0 Å². The van der Waals surface area contributed by atoms with Crippen molar-refractivity contribution >= 4 is 17.6 Å². The molecule has 0 spiro atoms. The highest BCUT2D eigenvalue weighted by molar-refractivity contribution is 6.03. The Morgan fingerprint density at radius 1 is 1.26 bits per heavy atom. The van der Waals surface area contributed by atoms with Crippen molar-refractivity contribution in [3.63, 3.8) is 0 Å². The van der Waals surface area contributed by atoms with Crippen molar-refractivity contribution in [3.8, 4) is 17.0 Å². The topological polar surface area (TPSA) is 125 Å². The third-order valence-electron chi connectivity index (χ3n) is 4.93. The molecule has 0 saturated carbocycles. The van der Waals surface area contributed by atoms with Gasteiger partial charge in [0.25, 0.3) is 11.8 Å². The van der Waals surface area contributed by atoms with Gasteiger partial charge in [-0.3, -0.25) is 9.59 Å². The van der Waals surface area contributed by atoms with Gasteiger partial charge in [-0.25, -0.2) is 9.07 Å². The van der Waals surface area contributed by atoms with E-state index in [1.165, 1.54) is 30.3 Å². The Morgan fingerprint density at radius 2 is 1.94 bits per heavy atom. The lowest BCUT2D eigenvalue weighted by Gasteiger charge is -2.17. The number of hydrogen-bond acceptors (Lipinski definition) is 5. The highest BCUT2D eigenvalue weighted by Crippen LogP contribution is 2.35. The van der Waals surface area contributed by atoms with Crippen LogP contribution in [0.4, 0.5) is 23.4 Å². The van der Waals surface area contributed by atoms with Crippen LogP contribution in [0.5, 0.6) is 5.75 Å². The van der Waals surface area contributed by atoms with Crippen molar-refractivity contribution in [1.29, 1.82) is 0 Å². The second kappa shape index (κ2) is 9.41. The van der Waals surface area contributed by atoms with Crippen LogP contribution in [-0.2, 0) is 6.52 Å². The van der Waals surface area contributed by atoms with Crippen LogP contribution in [0, 0.1) is 5.82 Å². The fourth-order valence-corrected chi connectivity index (χ4v) is 3.10. The Kier molecular flexibility index (Phi) is 6.02. The zero-order chi connectivity index (χ0) is 26.8. The molecule has 3 rings (SSSR count). The minimum Gasteiger partial charge on any atom is -0.496 e. The molecule has 0 aliphatic heterocycles. The smallest absolute Gasteiger partial charge is 0.410 e. The first kappa shape index (κ1) is 21.7. The molecule has 3 aromatic rings. The zero-order valence-corrected chi connectivity index (χ0v) is 17.7. The molecular formula is C22H21F4N5O3. The van der Waals surface area contributed by atoms with Crippen LogP contribution in [0.2, 0.25) is 0 Å². The molecule has 0 bridgehead atoms. The van der Waals surface area contributed by atoms with Gasteiger partial charge in [-0.05, 0) is 30.7 Å². The van der Waals surface area contributed by atoms with Crippen LogP contribution >= 0.6 is 0 Å². The number of hydrogen-bond donors (Lipinski definition) is 3. The van der Waals surface area contributed by atoms with Crippen LogP contribution in [0.15, 0.2) is 42.5 Å².